The van der Waals surface area contributed by atoms with Gasteiger partial charge in [0.25, 0.3) is 0 Å². The SMILES string of the molecule is O=C(CSOS(=O)(=O)C(F)(F)C(F)(F)C(F)(F)F)c1ccccc1. The third-order valence-electron chi connectivity index (χ3n) is 2.46. The van der Waals surface area contributed by atoms with Crippen LogP contribution in [-0.4, -0.2) is 37.3 Å². The van der Waals surface area contributed by atoms with Crippen LogP contribution in [0.5, 0.6) is 0 Å². The Kier molecular flexibility index (Phi) is 5.93. The van der Waals surface area contributed by atoms with Crippen LogP contribution in [0.4, 0.5) is 30.7 Å². The fourth-order valence-electron chi connectivity index (χ4n) is 1.21. The lowest BCUT2D eigenvalue weighted by Crippen LogP contribution is -2.56. The summed E-state index contributed by atoms with van der Waals surface area (Å²) in [6, 6.07) is 6.94. The van der Waals surface area contributed by atoms with E-state index in [2.05, 4.69) is 3.63 Å². The van der Waals surface area contributed by atoms with E-state index in [4.69, 9.17) is 0 Å². The zero-order valence-electron chi connectivity index (χ0n) is 11.2. The second-order valence-electron chi connectivity index (χ2n) is 4.16. The number of benzene rings is 1. The van der Waals surface area contributed by atoms with Gasteiger partial charge in [-0.1, -0.05) is 30.3 Å². The van der Waals surface area contributed by atoms with E-state index >= 15 is 0 Å². The summed E-state index contributed by atoms with van der Waals surface area (Å²) in [5.74, 6) is -8.60. The minimum atomic E-state index is -6.87. The van der Waals surface area contributed by atoms with Gasteiger partial charge in [-0.3, -0.25) is 4.79 Å². The lowest BCUT2D eigenvalue weighted by molar-refractivity contribution is -0.332. The van der Waals surface area contributed by atoms with Crippen molar-refractivity contribution in [3.8, 4) is 0 Å². The molecule has 1 aromatic rings. The Hall–Kier alpha value is -1.34. The average Bonchev–Trinajstić information content (AvgIpc) is 2.46. The molecule has 13 heteroatoms. The maximum absolute atomic E-state index is 13.0. The lowest BCUT2D eigenvalue weighted by Gasteiger charge is -2.26. The predicted octanol–water partition coefficient (Wildman–Crippen LogP) is 3.65. The van der Waals surface area contributed by atoms with Crippen molar-refractivity contribution in [1.82, 2.24) is 0 Å². The topological polar surface area (TPSA) is 60.4 Å². The number of halogens is 7. The molecule has 1 rings (SSSR count). The van der Waals surface area contributed by atoms with Crippen LogP contribution in [0.2, 0.25) is 0 Å². The third kappa shape index (κ3) is 4.00. The molecular formula is C11H7F7O4S2. The molecule has 0 saturated carbocycles. The van der Waals surface area contributed by atoms with Crippen molar-refractivity contribution in [3.63, 3.8) is 0 Å². The van der Waals surface area contributed by atoms with Gasteiger partial charge >= 0.3 is 27.5 Å². The first-order valence-corrected chi connectivity index (χ1v) is 8.02. The molecule has 0 aromatic heterocycles. The quantitative estimate of drug-likeness (QED) is 0.397. The van der Waals surface area contributed by atoms with Gasteiger partial charge in [-0.05, 0) is 0 Å². The van der Waals surface area contributed by atoms with E-state index in [9.17, 15) is 43.9 Å². The summed E-state index contributed by atoms with van der Waals surface area (Å²) < 4.78 is 112. The maximum atomic E-state index is 13.0. The lowest BCUT2D eigenvalue weighted by atomic mass is 10.2. The molecule has 0 aliphatic carbocycles. The number of hydrogen-bond acceptors (Lipinski definition) is 5. The molecule has 0 spiro atoms. The molecule has 0 fully saturated rings. The number of ketones is 1. The van der Waals surface area contributed by atoms with E-state index < -0.39 is 51.1 Å². The van der Waals surface area contributed by atoms with Gasteiger partial charge in [-0.25, -0.2) is 0 Å². The van der Waals surface area contributed by atoms with Crippen LogP contribution in [-0.2, 0) is 13.7 Å². The molecule has 0 N–H and O–H groups in total. The molecule has 1 aromatic carbocycles. The van der Waals surface area contributed by atoms with Crippen LogP contribution in [0.1, 0.15) is 10.4 Å². The van der Waals surface area contributed by atoms with Crippen molar-refractivity contribution in [2.24, 2.45) is 0 Å². The molecule has 0 heterocycles. The minimum absolute atomic E-state index is 0.0263. The number of hydrogen-bond donors (Lipinski definition) is 0. The molecular weight excluding hydrogens is 393 g/mol. The highest BCUT2D eigenvalue weighted by molar-refractivity contribution is 8.05. The van der Waals surface area contributed by atoms with Gasteiger partial charge in [-0.15, -0.1) is 0 Å². The number of rotatable bonds is 7. The summed E-state index contributed by atoms with van der Waals surface area (Å²) in [7, 11) is -6.67. The van der Waals surface area contributed by atoms with Crippen LogP contribution in [0.25, 0.3) is 0 Å². The molecule has 0 unspecified atom stereocenters. The highest BCUT2D eigenvalue weighted by Crippen LogP contribution is 2.50. The standard InChI is InChI=1S/C11H7F7O4S2/c12-9(13,10(14,15)16)11(17,18)24(20,21)22-23-6-8(19)7-4-2-1-3-5-7/h1-5H,6H2. The summed E-state index contributed by atoms with van der Waals surface area (Å²) in [5.41, 5.74) is 0.0263. The highest BCUT2D eigenvalue weighted by atomic mass is 32.3. The monoisotopic (exact) mass is 400 g/mol. The van der Waals surface area contributed by atoms with E-state index in [1.807, 2.05) is 0 Å². The maximum Gasteiger partial charge on any atom is 0.461 e. The van der Waals surface area contributed by atoms with Gasteiger partial charge in [0.05, 0.1) is 5.75 Å². The minimum Gasteiger partial charge on any atom is -0.293 e. The average molecular weight is 400 g/mol. The van der Waals surface area contributed by atoms with Gasteiger partial charge in [0.1, 0.15) is 0 Å². The summed E-state index contributed by atoms with van der Waals surface area (Å²) in [6.07, 6.45) is -6.82. The van der Waals surface area contributed by atoms with E-state index in [-0.39, 0.29) is 5.56 Å². The van der Waals surface area contributed by atoms with E-state index in [0.29, 0.717) is 0 Å². The largest absolute Gasteiger partial charge is 0.461 e. The van der Waals surface area contributed by atoms with Gasteiger partial charge < -0.3 is 0 Å². The Morgan fingerprint density at radius 2 is 1.50 bits per heavy atom. The Morgan fingerprint density at radius 3 is 1.96 bits per heavy atom. The van der Waals surface area contributed by atoms with Gasteiger partial charge in [0.15, 0.2) is 5.78 Å². The van der Waals surface area contributed by atoms with Crippen LogP contribution in [0.3, 0.4) is 0 Å². The fourth-order valence-corrected chi connectivity index (χ4v) is 2.96. The van der Waals surface area contributed by atoms with Crippen molar-refractivity contribution in [2.75, 3.05) is 5.75 Å². The van der Waals surface area contributed by atoms with Crippen molar-refractivity contribution in [3.05, 3.63) is 35.9 Å². The summed E-state index contributed by atoms with van der Waals surface area (Å²) in [4.78, 5) is 11.5. The number of Topliss-reactive ketones (excluding diaryl/α,β-unsaturated/α-hetero) is 1. The van der Waals surface area contributed by atoms with E-state index in [1.54, 1.807) is 0 Å². The zero-order chi connectivity index (χ0) is 18.8. The van der Waals surface area contributed by atoms with Crippen molar-refractivity contribution < 1.29 is 47.6 Å². The molecule has 0 saturated heterocycles. The Morgan fingerprint density at radius 1 is 1.00 bits per heavy atom. The Labute approximate surface area is 135 Å². The van der Waals surface area contributed by atoms with Gasteiger partial charge in [0, 0.05) is 17.6 Å². The predicted molar refractivity (Wildman–Crippen MR) is 69.2 cm³/mol. The molecule has 0 atom stereocenters. The molecule has 136 valence electrons. The third-order valence-corrected chi connectivity index (χ3v) is 4.82. The second-order valence-corrected chi connectivity index (χ2v) is 6.65. The van der Waals surface area contributed by atoms with Crippen molar-refractivity contribution in [2.45, 2.75) is 17.4 Å². The van der Waals surface area contributed by atoms with Crippen LogP contribution in [0.15, 0.2) is 30.3 Å². The van der Waals surface area contributed by atoms with Crippen LogP contribution in [0, 0.1) is 0 Å². The molecule has 0 bridgehead atoms. The molecule has 0 radical (unpaired) electrons. The summed E-state index contributed by atoms with van der Waals surface area (Å²) in [6.45, 7) is 0. The number of carbonyl (C=O) groups excluding carboxylic acids is 1. The fraction of sp³-hybridized carbons (Fsp3) is 0.364. The normalized spacial score (nSPS) is 13.8. The Balaban J connectivity index is 2.81. The second kappa shape index (κ2) is 6.88. The molecule has 0 aliphatic rings. The molecule has 0 amide bonds. The van der Waals surface area contributed by atoms with Gasteiger partial charge in [-0.2, -0.15) is 42.8 Å². The highest BCUT2D eigenvalue weighted by Gasteiger charge is 2.79. The first kappa shape index (κ1) is 20.7. The first-order valence-electron chi connectivity index (χ1n) is 5.70. The molecule has 4 nitrogen and oxygen atoms in total. The smallest absolute Gasteiger partial charge is 0.293 e. The molecule has 0 aliphatic heterocycles. The van der Waals surface area contributed by atoms with Gasteiger partial charge in [0.2, 0.25) is 0 Å². The molecule has 24 heavy (non-hydrogen) atoms. The Bertz CT molecular complexity index is 686. The first-order chi connectivity index (χ1) is 10.7. The number of alkyl halides is 7. The summed E-state index contributed by atoms with van der Waals surface area (Å²) >= 11 is -0.501. The summed E-state index contributed by atoms with van der Waals surface area (Å²) in [5, 5.41) is -6.57. The van der Waals surface area contributed by atoms with Crippen molar-refractivity contribution >= 4 is 27.9 Å². The zero-order valence-corrected chi connectivity index (χ0v) is 12.8. The van der Waals surface area contributed by atoms with E-state index in [1.165, 1.54) is 30.3 Å². The number of carbonyl (C=O) groups is 1. The van der Waals surface area contributed by atoms with E-state index in [0.717, 1.165) is 0 Å². The van der Waals surface area contributed by atoms with Crippen LogP contribution >= 0.6 is 12.0 Å². The van der Waals surface area contributed by atoms with Crippen LogP contribution < -0.4 is 0 Å². The van der Waals surface area contributed by atoms with Crippen molar-refractivity contribution in [1.29, 1.82) is 0 Å².